The van der Waals surface area contributed by atoms with Gasteiger partial charge in [-0.25, -0.2) is 0 Å². The lowest BCUT2D eigenvalue weighted by Crippen LogP contribution is -2.40. The molecule has 0 amide bonds. The van der Waals surface area contributed by atoms with Crippen LogP contribution in [0.1, 0.15) is 39.7 Å². The monoisotopic (exact) mass is 343 g/mol. The number of nitrogens with one attached hydrogen (secondary N) is 1. The third kappa shape index (κ3) is 6.25. The number of halogens is 1. The van der Waals surface area contributed by atoms with Gasteiger partial charge in [-0.2, -0.15) is 0 Å². The second kappa shape index (κ2) is 6.92. The molecule has 3 nitrogen and oxygen atoms in total. The molecular weight excluding hydrogens is 318 g/mol. The minimum atomic E-state index is -0.716. The first-order valence-corrected chi connectivity index (χ1v) is 7.72. The van der Waals surface area contributed by atoms with E-state index in [1.54, 1.807) is 7.11 Å². The number of benzene rings is 1. The van der Waals surface area contributed by atoms with Crippen molar-refractivity contribution < 1.29 is 9.84 Å². The SMILES string of the molecule is COc1ccc(CC(C)(O)CCNC(C)(C)C)cc1Br. The molecule has 4 heteroatoms. The summed E-state index contributed by atoms with van der Waals surface area (Å²) in [7, 11) is 1.65. The van der Waals surface area contributed by atoms with E-state index in [-0.39, 0.29) is 5.54 Å². The van der Waals surface area contributed by atoms with E-state index in [9.17, 15) is 5.11 Å². The molecule has 114 valence electrons. The molecule has 2 N–H and O–H groups in total. The summed E-state index contributed by atoms with van der Waals surface area (Å²) >= 11 is 3.47. The summed E-state index contributed by atoms with van der Waals surface area (Å²) in [6.07, 6.45) is 1.34. The number of rotatable bonds is 6. The van der Waals surface area contributed by atoms with E-state index in [1.807, 2.05) is 25.1 Å². The third-order valence-corrected chi connectivity index (χ3v) is 3.74. The van der Waals surface area contributed by atoms with Gasteiger partial charge in [0.25, 0.3) is 0 Å². The van der Waals surface area contributed by atoms with Crippen molar-refractivity contribution in [2.75, 3.05) is 13.7 Å². The Kier molecular flexibility index (Phi) is 6.05. The summed E-state index contributed by atoms with van der Waals surface area (Å²) in [4.78, 5) is 0. The first-order chi connectivity index (χ1) is 9.13. The molecule has 1 rings (SSSR count). The highest BCUT2D eigenvalue weighted by atomic mass is 79.9. The standard InChI is InChI=1S/C16H26BrNO2/c1-15(2,3)18-9-8-16(4,19)11-12-6-7-14(20-5)13(17)10-12/h6-7,10,18-19H,8-9,11H2,1-5H3. The van der Waals surface area contributed by atoms with Gasteiger partial charge in [-0.3, -0.25) is 0 Å². The molecule has 0 fully saturated rings. The number of ether oxygens (including phenoxy) is 1. The maximum absolute atomic E-state index is 10.5. The summed E-state index contributed by atoms with van der Waals surface area (Å²) in [5.74, 6) is 0.808. The Hall–Kier alpha value is -0.580. The Morgan fingerprint density at radius 2 is 1.90 bits per heavy atom. The molecule has 0 saturated carbocycles. The van der Waals surface area contributed by atoms with Crippen LogP contribution >= 0.6 is 15.9 Å². The second-order valence-electron chi connectivity index (χ2n) is 6.57. The van der Waals surface area contributed by atoms with Crippen LogP contribution in [0.15, 0.2) is 22.7 Å². The zero-order valence-corrected chi connectivity index (χ0v) is 14.7. The molecule has 0 aromatic heterocycles. The van der Waals surface area contributed by atoms with Crippen LogP contribution in [0.2, 0.25) is 0 Å². The Labute approximate surface area is 130 Å². The van der Waals surface area contributed by atoms with Gasteiger partial charge >= 0.3 is 0 Å². The molecule has 0 saturated heterocycles. The fourth-order valence-electron chi connectivity index (χ4n) is 2.05. The van der Waals surface area contributed by atoms with Gasteiger partial charge in [0.2, 0.25) is 0 Å². The van der Waals surface area contributed by atoms with Gasteiger partial charge in [0.15, 0.2) is 0 Å². The number of hydrogen-bond donors (Lipinski definition) is 2. The van der Waals surface area contributed by atoms with Crippen molar-refractivity contribution in [3.63, 3.8) is 0 Å². The third-order valence-electron chi connectivity index (χ3n) is 3.12. The summed E-state index contributed by atoms with van der Waals surface area (Å²) in [5, 5.41) is 13.9. The van der Waals surface area contributed by atoms with Gasteiger partial charge in [0, 0.05) is 12.0 Å². The van der Waals surface area contributed by atoms with Crippen LogP contribution in [0.3, 0.4) is 0 Å². The fraction of sp³-hybridized carbons (Fsp3) is 0.625. The van der Waals surface area contributed by atoms with Gasteiger partial charge in [-0.15, -0.1) is 0 Å². The van der Waals surface area contributed by atoms with E-state index in [4.69, 9.17) is 4.74 Å². The van der Waals surface area contributed by atoms with Crippen LogP contribution in [0.5, 0.6) is 5.75 Å². The minimum absolute atomic E-state index is 0.0826. The molecule has 0 aliphatic carbocycles. The zero-order chi connectivity index (χ0) is 15.4. The first-order valence-electron chi connectivity index (χ1n) is 6.93. The van der Waals surface area contributed by atoms with E-state index in [2.05, 4.69) is 42.0 Å². The van der Waals surface area contributed by atoms with Gasteiger partial charge in [0.05, 0.1) is 17.2 Å². The minimum Gasteiger partial charge on any atom is -0.496 e. The Morgan fingerprint density at radius 3 is 2.40 bits per heavy atom. The van der Waals surface area contributed by atoms with E-state index in [0.717, 1.165) is 22.3 Å². The maximum atomic E-state index is 10.5. The first kappa shape index (κ1) is 17.5. The largest absolute Gasteiger partial charge is 0.496 e. The van der Waals surface area contributed by atoms with Crippen molar-refractivity contribution in [1.29, 1.82) is 0 Å². The van der Waals surface area contributed by atoms with Crippen molar-refractivity contribution in [2.24, 2.45) is 0 Å². The van der Waals surface area contributed by atoms with Crippen molar-refractivity contribution in [3.8, 4) is 5.75 Å². The fourth-order valence-corrected chi connectivity index (χ4v) is 2.64. The van der Waals surface area contributed by atoms with E-state index in [1.165, 1.54) is 0 Å². The number of aliphatic hydroxyl groups is 1. The molecule has 0 heterocycles. The van der Waals surface area contributed by atoms with Crippen molar-refractivity contribution in [2.45, 2.75) is 51.7 Å². The van der Waals surface area contributed by atoms with E-state index in [0.29, 0.717) is 12.8 Å². The molecule has 1 aromatic carbocycles. The van der Waals surface area contributed by atoms with E-state index < -0.39 is 5.60 Å². The highest BCUT2D eigenvalue weighted by molar-refractivity contribution is 9.10. The van der Waals surface area contributed by atoms with Gasteiger partial charge in [-0.05, 0) is 74.3 Å². The van der Waals surface area contributed by atoms with E-state index >= 15 is 0 Å². The highest BCUT2D eigenvalue weighted by Crippen LogP contribution is 2.27. The average molecular weight is 344 g/mol. The van der Waals surface area contributed by atoms with Crippen molar-refractivity contribution in [3.05, 3.63) is 28.2 Å². The van der Waals surface area contributed by atoms with Crippen LogP contribution in [0, 0.1) is 0 Å². The molecule has 1 unspecified atom stereocenters. The number of hydrogen-bond acceptors (Lipinski definition) is 3. The van der Waals surface area contributed by atoms with Crippen molar-refractivity contribution in [1.82, 2.24) is 5.32 Å². The zero-order valence-electron chi connectivity index (χ0n) is 13.1. The van der Waals surface area contributed by atoms with Crippen LogP contribution < -0.4 is 10.1 Å². The summed E-state index contributed by atoms with van der Waals surface area (Å²) in [5.41, 5.74) is 0.462. The lowest BCUT2D eigenvalue weighted by molar-refractivity contribution is 0.0499. The van der Waals surface area contributed by atoms with Crippen LogP contribution in [0.25, 0.3) is 0 Å². The molecule has 1 atom stereocenters. The molecule has 0 spiro atoms. The quantitative estimate of drug-likeness (QED) is 0.830. The Bertz CT molecular complexity index is 439. The second-order valence-corrected chi connectivity index (χ2v) is 7.42. The summed E-state index contributed by atoms with van der Waals surface area (Å²) in [6, 6.07) is 5.92. The molecular formula is C16H26BrNO2. The predicted octanol–water partition coefficient (Wildman–Crippen LogP) is 3.53. The molecule has 20 heavy (non-hydrogen) atoms. The van der Waals surface area contributed by atoms with Gasteiger partial charge in [-0.1, -0.05) is 6.07 Å². The highest BCUT2D eigenvalue weighted by Gasteiger charge is 2.22. The van der Waals surface area contributed by atoms with Crippen LogP contribution in [-0.2, 0) is 6.42 Å². The lowest BCUT2D eigenvalue weighted by atomic mass is 9.93. The summed E-state index contributed by atoms with van der Waals surface area (Å²) in [6.45, 7) is 9.07. The summed E-state index contributed by atoms with van der Waals surface area (Å²) < 4.78 is 6.13. The molecule has 0 aliphatic heterocycles. The lowest BCUT2D eigenvalue weighted by Gasteiger charge is -2.27. The molecule has 1 aromatic rings. The average Bonchev–Trinajstić information content (AvgIpc) is 2.26. The smallest absolute Gasteiger partial charge is 0.133 e. The topological polar surface area (TPSA) is 41.5 Å². The predicted molar refractivity (Wildman–Crippen MR) is 87.4 cm³/mol. The Balaban J connectivity index is 2.59. The number of methoxy groups -OCH3 is 1. The maximum Gasteiger partial charge on any atom is 0.133 e. The van der Waals surface area contributed by atoms with Gasteiger partial charge in [0.1, 0.15) is 5.75 Å². The van der Waals surface area contributed by atoms with Crippen LogP contribution in [-0.4, -0.2) is 29.9 Å². The Morgan fingerprint density at radius 1 is 1.25 bits per heavy atom. The molecule has 0 radical (unpaired) electrons. The van der Waals surface area contributed by atoms with Gasteiger partial charge < -0.3 is 15.2 Å². The molecule has 0 aliphatic rings. The van der Waals surface area contributed by atoms with Crippen molar-refractivity contribution >= 4 is 15.9 Å². The van der Waals surface area contributed by atoms with Crippen LogP contribution in [0.4, 0.5) is 0 Å². The molecule has 0 bridgehead atoms. The normalized spacial score (nSPS) is 14.9.